The van der Waals surface area contributed by atoms with Crippen molar-refractivity contribution in [2.75, 3.05) is 38.7 Å². The van der Waals surface area contributed by atoms with E-state index in [0.717, 1.165) is 25.7 Å². The van der Waals surface area contributed by atoms with Crippen molar-refractivity contribution >= 4 is 21.6 Å². The molecular formula is C24H37N3O4S. The van der Waals surface area contributed by atoms with Gasteiger partial charge in [0.2, 0.25) is 10.0 Å². The van der Waals surface area contributed by atoms with Gasteiger partial charge in [0.1, 0.15) is 4.90 Å². The van der Waals surface area contributed by atoms with Crippen LogP contribution in [-0.2, 0) is 14.8 Å². The van der Waals surface area contributed by atoms with Crippen molar-refractivity contribution < 1.29 is 17.9 Å². The Balaban J connectivity index is 1.62. The first-order valence-electron chi connectivity index (χ1n) is 11.8. The fourth-order valence-corrected chi connectivity index (χ4v) is 7.97. The summed E-state index contributed by atoms with van der Waals surface area (Å²) in [5.74, 6) is 0.425. The first kappa shape index (κ1) is 23.5. The van der Waals surface area contributed by atoms with E-state index in [4.69, 9.17) is 4.74 Å². The number of amides is 1. The van der Waals surface area contributed by atoms with Gasteiger partial charge in [0.25, 0.3) is 5.91 Å². The van der Waals surface area contributed by atoms with E-state index in [1.807, 2.05) is 0 Å². The minimum atomic E-state index is -3.68. The zero-order chi connectivity index (χ0) is 23.1. The molecule has 4 rings (SSSR count). The SMILES string of the molecule is COCCNc1ccc(C(=O)NC2C3(C)CCC(C3)C2(C)C)cc1S(=O)(=O)N1CCCC1. The summed E-state index contributed by atoms with van der Waals surface area (Å²) in [4.78, 5) is 13.5. The maximum atomic E-state index is 13.4. The highest BCUT2D eigenvalue weighted by Gasteiger charge is 2.59. The van der Waals surface area contributed by atoms with E-state index >= 15 is 0 Å². The van der Waals surface area contributed by atoms with E-state index < -0.39 is 10.0 Å². The van der Waals surface area contributed by atoms with Crippen LogP contribution < -0.4 is 10.6 Å². The number of nitrogens with zero attached hydrogens (tertiary/aromatic N) is 1. The van der Waals surface area contributed by atoms with Crippen LogP contribution in [0.2, 0.25) is 0 Å². The normalized spacial score (nSPS) is 29.4. The highest BCUT2D eigenvalue weighted by atomic mass is 32.2. The van der Waals surface area contributed by atoms with Crippen molar-refractivity contribution in [3.63, 3.8) is 0 Å². The first-order valence-corrected chi connectivity index (χ1v) is 13.2. The Morgan fingerprint density at radius 2 is 1.94 bits per heavy atom. The Kier molecular flexibility index (Phi) is 6.33. The average molecular weight is 464 g/mol. The number of hydrogen-bond donors (Lipinski definition) is 2. The minimum absolute atomic E-state index is 0.0365. The molecule has 2 N–H and O–H groups in total. The number of methoxy groups -OCH3 is 1. The molecule has 2 aliphatic carbocycles. The molecule has 2 saturated carbocycles. The number of benzene rings is 1. The summed E-state index contributed by atoms with van der Waals surface area (Å²) in [6, 6.07) is 5.05. The number of carbonyl (C=O) groups excluding carboxylic acids is 1. The number of carbonyl (C=O) groups is 1. The van der Waals surface area contributed by atoms with Crippen LogP contribution >= 0.6 is 0 Å². The van der Waals surface area contributed by atoms with Crippen LogP contribution in [0.15, 0.2) is 23.1 Å². The number of sulfonamides is 1. The number of rotatable bonds is 8. The molecule has 1 amide bonds. The molecule has 3 unspecified atom stereocenters. The lowest BCUT2D eigenvalue weighted by Gasteiger charge is -2.43. The smallest absolute Gasteiger partial charge is 0.251 e. The first-order chi connectivity index (χ1) is 15.1. The second kappa shape index (κ2) is 8.61. The van der Waals surface area contributed by atoms with Crippen LogP contribution in [0.1, 0.15) is 63.2 Å². The Labute approximate surface area is 192 Å². The lowest BCUT2D eigenvalue weighted by molar-refractivity contribution is 0.0737. The van der Waals surface area contributed by atoms with Crippen molar-refractivity contribution in [3.05, 3.63) is 23.8 Å². The Hall–Kier alpha value is -1.64. The summed E-state index contributed by atoms with van der Waals surface area (Å²) in [7, 11) is -2.08. The molecular weight excluding hydrogens is 426 g/mol. The van der Waals surface area contributed by atoms with Gasteiger partial charge < -0.3 is 15.4 Å². The van der Waals surface area contributed by atoms with Gasteiger partial charge in [-0.25, -0.2) is 8.42 Å². The Bertz CT molecular complexity index is 967. The fraction of sp³-hybridized carbons (Fsp3) is 0.708. The maximum Gasteiger partial charge on any atom is 0.251 e. The standard InChI is InChI=1S/C24H37N3O4S/c1-23(2)18-9-10-24(3,16-18)22(23)26-21(28)17-7-8-19(25-11-14-31-4)20(15-17)32(29,30)27-12-5-6-13-27/h7-8,15,18,22,25H,5-6,9-14,16H2,1-4H3,(H,26,28). The van der Waals surface area contributed by atoms with E-state index in [0.29, 0.717) is 43.4 Å². The zero-order valence-corrected chi connectivity index (χ0v) is 20.6. The van der Waals surface area contributed by atoms with Crippen molar-refractivity contribution in [1.82, 2.24) is 9.62 Å². The molecule has 178 valence electrons. The molecule has 32 heavy (non-hydrogen) atoms. The highest BCUT2D eigenvalue weighted by molar-refractivity contribution is 7.89. The van der Waals surface area contributed by atoms with Crippen molar-refractivity contribution in [1.29, 1.82) is 0 Å². The number of ether oxygens (including phenoxy) is 1. The number of hydrogen-bond acceptors (Lipinski definition) is 5. The van der Waals surface area contributed by atoms with Gasteiger partial charge in [0, 0.05) is 38.3 Å². The molecule has 7 nitrogen and oxygen atoms in total. The van der Waals surface area contributed by atoms with Crippen LogP contribution in [0.5, 0.6) is 0 Å². The van der Waals surface area contributed by atoms with Gasteiger partial charge in [-0.1, -0.05) is 20.8 Å². The number of fused-ring (bicyclic) bond motifs is 2. The molecule has 1 aromatic rings. The summed E-state index contributed by atoms with van der Waals surface area (Å²) < 4.78 is 33.4. The predicted octanol–water partition coefficient (Wildman–Crippen LogP) is 3.47. The second-order valence-corrected chi connectivity index (χ2v) is 12.5. The molecule has 3 fully saturated rings. The van der Waals surface area contributed by atoms with Crippen LogP contribution in [-0.4, -0.2) is 58.0 Å². The summed E-state index contributed by atoms with van der Waals surface area (Å²) in [5, 5.41) is 6.45. The predicted molar refractivity (Wildman–Crippen MR) is 125 cm³/mol. The van der Waals surface area contributed by atoms with E-state index in [9.17, 15) is 13.2 Å². The van der Waals surface area contributed by atoms with Gasteiger partial charge in [-0.2, -0.15) is 4.31 Å². The quantitative estimate of drug-likeness (QED) is 0.577. The minimum Gasteiger partial charge on any atom is -0.383 e. The van der Waals surface area contributed by atoms with Crippen molar-refractivity contribution in [3.8, 4) is 0 Å². The second-order valence-electron chi connectivity index (χ2n) is 10.6. The molecule has 1 aliphatic heterocycles. The zero-order valence-electron chi connectivity index (χ0n) is 19.7. The Morgan fingerprint density at radius 1 is 1.22 bits per heavy atom. The summed E-state index contributed by atoms with van der Waals surface area (Å²) in [6.07, 6.45) is 5.21. The van der Waals surface area contributed by atoms with Crippen LogP contribution in [0, 0.1) is 16.7 Å². The lowest BCUT2D eigenvalue weighted by atomic mass is 9.68. The molecule has 8 heteroatoms. The van der Waals surface area contributed by atoms with E-state index in [-0.39, 0.29) is 27.7 Å². The molecule has 1 aromatic carbocycles. The molecule has 2 bridgehead atoms. The monoisotopic (exact) mass is 463 g/mol. The summed E-state index contributed by atoms with van der Waals surface area (Å²) >= 11 is 0. The molecule has 0 aromatic heterocycles. The van der Waals surface area contributed by atoms with Gasteiger partial charge >= 0.3 is 0 Å². The average Bonchev–Trinajstić information content (AvgIpc) is 3.46. The fourth-order valence-electron chi connectivity index (χ4n) is 6.26. The maximum absolute atomic E-state index is 13.4. The van der Waals surface area contributed by atoms with Gasteiger partial charge in [0.05, 0.1) is 12.3 Å². The van der Waals surface area contributed by atoms with Crippen LogP contribution in [0.4, 0.5) is 5.69 Å². The van der Waals surface area contributed by atoms with Gasteiger partial charge in [-0.05, 0) is 67.1 Å². The highest BCUT2D eigenvalue weighted by Crippen LogP contribution is 2.62. The number of anilines is 1. The van der Waals surface area contributed by atoms with Crippen LogP contribution in [0.25, 0.3) is 0 Å². The van der Waals surface area contributed by atoms with Crippen LogP contribution in [0.3, 0.4) is 0 Å². The third-order valence-electron chi connectivity index (χ3n) is 8.09. The molecule has 3 aliphatic rings. The lowest BCUT2D eigenvalue weighted by Crippen LogP contribution is -2.52. The van der Waals surface area contributed by atoms with Gasteiger partial charge in [0.15, 0.2) is 0 Å². The molecule has 3 atom stereocenters. The summed E-state index contributed by atoms with van der Waals surface area (Å²) in [6.45, 7) is 8.76. The molecule has 0 radical (unpaired) electrons. The molecule has 1 heterocycles. The van der Waals surface area contributed by atoms with Gasteiger partial charge in [-0.3, -0.25) is 4.79 Å². The van der Waals surface area contributed by atoms with Crippen molar-refractivity contribution in [2.45, 2.75) is 63.8 Å². The third-order valence-corrected chi connectivity index (χ3v) is 10.0. The topological polar surface area (TPSA) is 87.7 Å². The van der Waals surface area contributed by atoms with Crippen molar-refractivity contribution in [2.24, 2.45) is 16.7 Å². The van der Waals surface area contributed by atoms with E-state index in [2.05, 4.69) is 31.4 Å². The number of nitrogens with one attached hydrogen (secondary N) is 2. The molecule has 1 saturated heterocycles. The summed E-state index contributed by atoms with van der Waals surface area (Å²) in [5.41, 5.74) is 1.05. The van der Waals surface area contributed by atoms with E-state index in [1.165, 1.54) is 10.7 Å². The third kappa shape index (κ3) is 4.05. The molecule has 0 spiro atoms. The largest absolute Gasteiger partial charge is 0.383 e. The Morgan fingerprint density at radius 3 is 2.56 bits per heavy atom. The van der Waals surface area contributed by atoms with Gasteiger partial charge in [-0.15, -0.1) is 0 Å². The van der Waals surface area contributed by atoms with E-state index in [1.54, 1.807) is 25.3 Å².